The van der Waals surface area contributed by atoms with Gasteiger partial charge in [-0.2, -0.15) is 0 Å². The standard InChI is InChI=1S/C14H15N3O/c1-18-11-4-2-3-10(9-11)12-5-8-16-13(17-12)14(15)6-7-14/h2-5,8-9H,6-7,15H2,1H3. The predicted octanol–water partition coefficient (Wildman–Crippen LogP) is 2.10. The number of methoxy groups -OCH3 is 1. The van der Waals surface area contributed by atoms with Crippen LogP contribution in [0.25, 0.3) is 11.3 Å². The summed E-state index contributed by atoms with van der Waals surface area (Å²) >= 11 is 0. The molecular formula is C14H15N3O. The van der Waals surface area contributed by atoms with Gasteiger partial charge in [0.05, 0.1) is 18.3 Å². The smallest absolute Gasteiger partial charge is 0.148 e. The quantitative estimate of drug-likeness (QED) is 0.894. The molecule has 18 heavy (non-hydrogen) atoms. The fraction of sp³-hybridized carbons (Fsp3) is 0.286. The highest BCUT2D eigenvalue weighted by Crippen LogP contribution is 2.41. The Hall–Kier alpha value is -1.94. The lowest BCUT2D eigenvalue weighted by molar-refractivity contribution is 0.415. The molecule has 92 valence electrons. The molecule has 1 aromatic carbocycles. The van der Waals surface area contributed by atoms with Crippen molar-refractivity contribution in [3.8, 4) is 17.0 Å². The minimum Gasteiger partial charge on any atom is -0.497 e. The molecule has 0 spiro atoms. The first-order valence-electron chi connectivity index (χ1n) is 5.98. The van der Waals surface area contributed by atoms with Crippen molar-refractivity contribution in [2.75, 3.05) is 7.11 Å². The maximum Gasteiger partial charge on any atom is 0.148 e. The van der Waals surface area contributed by atoms with E-state index < -0.39 is 0 Å². The van der Waals surface area contributed by atoms with Gasteiger partial charge in [0.2, 0.25) is 0 Å². The number of ether oxygens (including phenoxy) is 1. The van der Waals surface area contributed by atoms with Crippen LogP contribution in [0.5, 0.6) is 5.75 Å². The summed E-state index contributed by atoms with van der Waals surface area (Å²) in [6.45, 7) is 0. The molecule has 1 aliphatic rings. The van der Waals surface area contributed by atoms with Crippen molar-refractivity contribution >= 4 is 0 Å². The van der Waals surface area contributed by atoms with Gasteiger partial charge >= 0.3 is 0 Å². The molecule has 0 aliphatic heterocycles. The summed E-state index contributed by atoms with van der Waals surface area (Å²) in [6.07, 6.45) is 3.70. The molecule has 1 heterocycles. The Bertz CT molecular complexity index is 579. The van der Waals surface area contributed by atoms with Crippen LogP contribution in [0.15, 0.2) is 36.5 Å². The summed E-state index contributed by atoms with van der Waals surface area (Å²) in [6, 6.07) is 9.72. The van der Waals surface area contributed by atoms with Crippen LogP contribution in [-0.2, 0) is 5.54 Å². The van der Waals surface area contributed by atoms with Crippen LogP contribution in [0.3, 0.4) is 0 Å². The van der Waals surface area contributed by atoms with Gasteiger partial charge in [-0.05, 0) is 31.0 Å². The molecule has 4 heteroatoms. The highest BCUT2D eigenvalue weighted by Gasteiger charge is 2.43. The topological polar surface area (TPSA) is 61.0 Å². The van der Waals surface area contributed by atoms with E-state index in [9.17, 15) is 0 Å². The van der Waals surface area contributed by atoms with E-state index >= 15 is 0 Å². The summed E-state index contributed by atoms with van der Waals surface area (Å²) in [5, 5.41) is 0. The molecule has 1 aromatic heterocycles. The molecule has 0 radical (unpaired) electrons. The fourth-order valence-corrected chi connectivity index (χ4v) is 1.90. The molecule has 0 saturated heterocycles. The van der Waals surface area contributed by atoms with E-state index in [1.807, 2.05) is 30.3 Å². The molecule has 0 amide bonds. The number of rotatable bonds is 3. The Labute approximate surface area is 106 Å². The average Bonchev–Trinajstić information content (AvgIpc) is 3.18. The highest BCUT2D eigenvalue weighted by molar-refractivity contribution is 5.61. The second-order valence-corrected chi connectivity index (χ2v) is 4.65. The minimum absolute atomic E-state index is 0.297. The molecule has 1 saturated carbocycles. The molecule has 2 aromatic rings. The van der Waals surface area contributed by atoms with E-state index in [0.717, 1.165) is 35.7 Å². The van der Waals surface area contributed by atoms with Gasteiger partial charge in [-0.15, -0.1) is 0 Å². The molecule has 1 aliphatic carbocycles. The third kappa shape index (κ3) is 1.95. The molecule has 2 N–H and O–H groups in total. The van der Waals surface area contributed by atoms with Gasteiger partial charge in [0.25, 0.3) is 0 Å². The van der Waals surface area contributed by atoms with Crippen molar-refractivity contribution in [2.24, 2.45) is 5.73 Å². The van der Waals surface area contributed by atoms with Crippen molar-refractivity contribution in [3.63, 3.8) is 0 Å². The Morgan fingerprint density at radius 2 is 2.11 bits per heavy atom. The van der Waals surface area contributed by atoms with Gasteiger partial charge in [-0.3, -0.25) is 0 Å². The van der Waals surface area contributed by atoms with Gasteiger partial charge in [0.15, 0.2) is 0 Å². The highest BCUT2D eigenvalue weighted by atomic mass is 16.5. The first-order chi connectivity index (χ1) is 8.71. The fourth-order valence-electron chi connectivity index (χ4n) is 1.90. The average molecular weight is 241 g/mol. The summed E-state index contributed by atoms with van der Waals surface area (Å²) < 4.78 is 5.22. The Morgan fingerprint density at radius 1 is 1.28 bits per heavy atom. The van der Waals surface area contributed by atoms with Crippen molar-refractivity contribution in [2.45, 2.75) is 18.4 Å². The van der Waals surface area contributed by atoms with Crippen LogP contribution >= 0.6 is 0 Å². The van der Waals surface area contributed by atoms with Crippen LogP contribution in [0.4, 0.5) is 0 Å². The largest absolute Gasteiger partial charge is 0.497 e. The molecular weight excluding hydrogens is 226 g/mol. The van der Waals surface area contributed by atoms with Crippen LogP contribution < -0.4 is 10.5 Å². The van der Waals surface area contributed by atoms with Crippen molar-refractivity contribution in [1.29, 1.82) is 0 Å². The third-order valence-corrected chi connectivity index (χ3v) is 3.26. The lowest BCUT2D eigenvalue weighted by Gasteiger charge is -2.09. The predicted molar refractivity (Wildman–Crippen MR) is 69.1 cm³/mol. The number of benzene rings is 1. The number of aromatic nitrogens is 2. The molecule has 3 rings (SSSR count). The van der Waals surface area contributed by atoms with Crippen LogP contribution in [0, 0.1) is 0 Å². The van der Waals surface area contributed by atoms with Crippen molar-refractivity contribution < 1.29 is 4.74 Å². The van der Waals surface area contributed by atoms with E-state index in [2.05, 4.69) is 9.97 Å². The number of hydrogen-bond donors (Lipinski definition) is 1. The Morgan fingerprint density at radius 3 is 2.83 bits per heavy atom. The van der Waals surface area contributed by atoms with E-state index in [1.165, 1.54) is 0 Å². The number of nitrogens with zero attached hydrogens (tertiary/aromatic N) is 2. The second kappa shape index (κ2) is 4.07. The van der Waals surface area contributed by atoms with E-state index in [0.29, 0.717) is 0 Å². The first kappa shape index (κ1) is 11.2. The zero-order chi connectivity index (χ0) is 12.6. The molecule has 1 fully saturated rings. The number of hydrogen-bond acceptors (Lipinski definition) is 4. The normalized spacial score (nSPS) is 16.3. The van der Waals surface area contributed by atoms with E-state index in [4.69, 9.17) is 10.5 Å². The monoisotopic (exact) mass is 241 g/mol. The summed E-state index contributed by atoms with van der Waals surface area (Å²) in [4.78, 5) is 8.83. The molecule has 0 unspecified atom stereocenters. The lowest BCUT2D eigenvalue weighted by atomic mass is 10.1. The van der Waals surface area contributed by atoms with Crippen molar-refractivity contribution in [3.05, 3.63) is 42.4 Å². The van der Waals surface area contributed by atoms with Gasteiger partial charge in [0.1, 0.15) is 11.6 Å². The van der Waals surface area contributed by atoms with Crippen LogP contribution in [0.1, 0.15) is 18.7 Å². The second-order valence-electron chi connectivity index (χ2n) is 4.65. The summed E-state index contributed by atoms with van der Waals surface area (Å²) in [5.74, 6) is 1.56. The SMILES string of the molecule is COc1cccc(-c2ccnc(C3(N)CC3)n2)c1. The lowest BCUT2D eigenvalue weighted by Crippen LogP contribution is -2.22. The zero-order valence-corrected chi connectivity index (χ0v) is 10.3. The Balaban J connectivity index is 2.00. The van der Waals surface area contributed by atoms with Gasteiger partial charge < -0.3 is 10.5 Å². The van der Waals surface area contributed by atoms with E-state index in [-0.39, 0.29) is 5.54 Å². The number of nitrogens with two attached hydrogens (primary N) is 1. The zero-order valence-electron chi connectivity index (χ0n) is 10.3. The third-order valence-electron chi connectivity index (χ3n) is 3.26. The maximum absolute atomic E-state index is 6.12. The molecule has 0 atom stereocenters. The van der Waals surface area contributed by atoms with Crippen LogP contribution in [0.2, 0.25) is 0 Å². The van der Waals surface area contributed by atoms with Gasteiger partial charge in [0, 0.05) is 11.8 Å². The Kier molecular flexibility index (Phi) is 2.52. The molecule has 4 nitrogen and oxygen atoms in total. The summed E-state index contributed by atoms with van der Waals surface area (Å²) in [5.41, 5.74) is 7.73. The van der Waals surface area contributed by atoms with Crippen LogP contribution in [-0.4, -0.2) is 17.1 Å². The minimum atomic E-state index is -0.297. The van der Waals surface area contributed by atoms with Crippen molar-refractivity contribution in [1.82, 2.24) is 9.97 Å². The summed E-state index contributed by atoms with van der Waals surface area (Å²) in [7, 11) is 1.66. The first-order valence-corrected chi connectivity index (χ1v) is 5.98. The van der Waals surface area contributed by atoms with Gasteiger partial charge in [-0.1, -0.05) is 12.1 Å². The maximum atomic E-state index is 6.12. The molecule has 0 bridgehead atoms. The van der Waals surface area contributed by atoms with E-state index in [1.54, 1.807) is 13.3 Å². The van der Waals surface area contributed by atoms with Gasteiger partial charge in [-0.25, -0.2) is 9.97 Å².